The summed E-state index contributed by atoms with van der Waals surface area (Å²) < 4.78 is 67.9. The summed E-state index contributed by atoms with van der Waals surface area (Å²) in [5, 5.41) is 10.5. The van der Waals surface area contributed by atoms with E-state index in [9.17, 15) is 43.2 Å². The summed E-state index contributed by atoms with van der Waals surface area (Å²) >= 11 is 0. The van der Waals surface area contributed by atoms with Gasteiger partial charge in [0.1, 0.15) is 19.3 Å². The largest absolute Gasteiger partial charge is 0.472 e. The zero-order chi connectivity index (χ0) is 64.0. The fourth-order valence-electron chi connectivity index (χ4n) is 9.80. The third-order valence-electron chi connectivity index (χ3n) is 15.2. The van der Waals surface area contributed by atoms with Crippen molar-refractivity contribution in [1.29, 1.82) is 0 Å². The lowest BCUT2D eigenvalue weighted by atomic mass is 10.0. The summed E-state index contributed by atoms with van der Waals surface area (Å²) in [5.41, 5.74) is 0. The number of phosphoric ester groups is 2. The van der Waals surface area contributed by atoms with Gasteiger partial charge in [0.2, 0.25) is 0 Å². The number of ether oxygens (including phenoxy) is 4. The van der Waals surface area contributed by atoms with Crippen molar-refractivity contribution in [3.05, 3.63) is 24.3 Å². The van der Waals surface area contributed by atoms with Gasteiger partial charge in [-0.1, -0.05) is 277 Å². The molecule has 0 aromatic heterocycles. The molecular weight excluding hydrogens is 1150 g/mol. The minimum absolute atomic E-state index is 0.101. The number of rotatable bonds is 67. The Hall–Kier alpha value is -2.46. The highest BCUT2D eigenvalue weighted by molar-refractivity contribution is 7.47. The lowest BCUT2D eigenvalue weighted by Gasteiger charge is -2.21. The Balaban J connectivity index is 5.19. The van der Waals surface area contributed by atoms with Gasteiger partial charge in [-0.2, -0.15) is 0 Å². The average Bonchev–Trinajstić information content (AvgIpc) is 3.53. The molecule has 0 bridgehead atoms. The molecule has 0 aliphatic carbocycles. The van der Waals surface area contributed by atoms with Gasteiger partial charge in [0, 0.05) is 25.7 Å². The number of aliphatic hydroxyl groups is 1. The van der Waals surface area contributed by atoms with Crippen LogP contribution in [0.25, 0.3) is 0 Å². The minimum Gasteiger partial charge on any atom is -0.462 e. The van der Waals surface area contributed by atoms with Crippen molar-refractivity contribution in [3.8, 4) is 0 Å². The first-order chi connectivity index (χ1) is 42.2. The van der Waals surface area contributed by atoms with E-state index in [4.69, 9.17) is 37.0 Å². The van der Waals surface area contributed by atoms with Crippen molar-refractivity contribution in [3.63, 3.8) is 0 Å². The molecule has 0 aromatic rings. The molecule has 5 atom stereocenters. The normalized spacial score (nSPS) is 14.2. The SMILES string of the molecule is CCCCCC/C=C\C=C/CCCCCCCC(=O)OC[C@H](COP(=O)(O)OC[C@@H](O)COP(=O)(O)OC[C@@H](COC(=O)CCCCCCCCC)OC(=O)CCCCCCCCC)OC(=O)CCCCCCCCCCCCCCCCCCCC. The van der Waals surface area contributed by atoms with Crippen LogP contribution in [0.15, 0.2) is 24.3 Å². The highest BCUT2D eigenvalue weighted by Crippen LogP contribution is 2.45. The lowest BCUT2D eigenvalue weighted by Crippen LogP contribution is -2.30. The molecule has 87 heavy (non-hydrogen) atoms. The second kappa shape index (κ2) is 62.4. The molecule has 0 heterocycles. The zero-order valence-corrected chi connectivity index (χ0v) is 57.3. The van der Waals surface area contributed by atoms with Gasteiger partial charge in [-0.15, -0.1) is 0 Å². The van der Waals surface area contributed by atoms with Crippen LogP contribution in [0, 0.1) is 0 Å². The zero-order valence-electron chi connectivity index (χ0n) is 55.5. The molecule has 0 rings (SSSR count). The molecule has 0 saturated carbocycles. The Morgan fingerprint density at radius 1 is 0.322 bits per heavy atom. The minimum atomic E-state index is -4.95. The molecule has 0 fully saturated rings. The second-order valence-electron chi connectivity index (χ2n) is 23.9. The highest BCUT2D eigenvalue weighted by atomic mass is 31.2. The van der Waals surface area contributed by atoms with Crippen LogP contribution in [0.2, 0.25) is 0 Å². The summed E-state index contributed by atoms with van der Waals surface area (Å²) in [6.45, 7) is 4.77. The number of allylic oxidation sites excluding steroid dienone is 4. The van der Waals surface area contributed by atoms with E-state index >= 15 is 0 Å². The van der Waals surface area contributed by atoms with E-state index in [1.807, 2.05) is 0 Å². The van der Waals surface area contributed by atoms with Crippen molar-refractivity contribution in [1.82, 2.24) is 0 Å². The fourth-order valence-corrected chi connectivity index (χ4v) is 11.4. The van der Waals surface area contributed by atoms with Crippen LogP contribution in [0.1, 0.15) is 329 Å². The van der Waals surface area contributed by atoms with Gasteiger partial charge in [-0.25, -0.2) is 9.13 Å². The Morgan fingerprint density at radius 2 is 0.552 bits per heavy atom. The van der Waals surface area contributed by atoms with Gasteiger partial charge in [0.05, 0.1) is 26.4 Å². The monoisotopic (exact) mass is 1280 g/mol. The summed E-state index contributed by atoms with van der Waals surface area (Å²) in [6, 6.07) is 0. The number of unbranched alkanes of at least 4 members (excludes halogenated alkanes) is 38. The molecule has 0 aliphatic rings. The number of hydrogen-bond donors (Lipinski definition) is 3. The van der Waals surface area contributed by atoms with Gasteiger partial charge in [-0.3, -0.25) is 37.3 Å². The van der Waals surface area contributed by atoms with E-state index in [1.54, 1.807) is 0 Å². The number of phosphoric acid groups is 2. The Morgan fingerprint density at radius 3 is 0.839 bits per heavy atom. The van der Waals surface area contributed by atoms with Crippen molar-refractivity contribution in [2.24, 2.45) is 0 Å². The third kappa shape index (κ3) is 62.1. The molecule has 0 saturated heterocycles. The first-order valence-corrected chi connectivity index (χ1v) is 38.1. The Kier molecular flexibility index (Phi) is 60.6. The quantitative estimate of drug-likeness (QED) is 0.0169. The maximum absolute atomic E-state index is 13.0. The molecule has 19 heteroatoms. The summed E-state index contributed by atoms with van der Waals surface area (Å²) in [7, 11) is -9.89. The second-order valence-corrected chi connectivity index (χ2v) is 26.8. The predicted molar refractivity (Wildman–Crippen MR) is 349 cm³/mol. The maximum atomic E-state index is 13.0. The molecule has 2 unspecified atom stereocenters. The van der Waals surface area contributed by atoms with E-state index in [1.165, 1.54) is 116 Å². The summed E-state index contributed by atoms with van der Waals surface area (Å²) in [6.07, 6.45) is 52.5. The van der Waals surface area contributed by atoms with E-state index in [0.29, 0.717) is 25.7 Å². The van der Waals surface area contributed by atoms with Crippen LogP contribution in [0.4, 0.5) is 0 Å². The van der Waals surface area contributed by atoms with Crippen molar-refractivity contribution in [2.75, 3.05) is 39.6 Å². The Bertz CT molecular complexity index is 1760. The fraction of sp³-hybridized carbons (Fsp3) is 0.882. The Labute approximate surface area is 529 Å². The molecule has 0 radical (unpaired) electrons. The van der Waals surface area contributed by atoms with Gasteiger partial charge in [-0.05, 0) is 51.4 Å². The van der Waals surface area contributed by atoms with E-state index in [2.05, 4.69) is 52.0 Å². The summed E-state index contributed by atoms with van der Waals surface area (Å²) in [5.74, 6) is -2.17. The van der Waals surface area contributed by atoms with Crippen LogP contribution in [-0.4, -0.2) is 96.7 Å². The number of carbonyl (C=O) groups is 4. The molecule has 3 N–H and O–H groups in total. The topological polar surface area (TPSA) is 237 Å². The van der Waals surface area contributed by atoms with Crippen LogP contribution in [0.5, 0.6) is 0 Å². The first-order valence-electron chi connectivity index (χ1n) is 35.1. The number of aliphatic hydroxyl groups excluding tert-OH is 1. The van der Waals surface area contributed by atoms with E-state index in [0.717, 1.165) is 135 Å². The summed E-state index contributed by atoms with van der Waals surface area (Å²) in [4.78, 5) is 72.1. The van der Waals surface area contributed by atoms with Gasteiger partial charge < -0.3 is 33.8 Å². The van der Waals surface area contributed by atoms with Crippen LogP contribution in [-0.2, 0) is 65.4 Å². The van der Waals surface area contributed by atoms with E-state index < -0.39 is 97.5 Å². The average molecular weight is 1280 g/mol. The number of esters is 4. The molecule has 0 aromatic carbocycles. The molecule has 17 nitrogen and oxygen atoms in total. The van der Waals surface area contributed by atoms with Gasteiger partial charge >= 0.3 is 39.5 Å². The highest BCUT2D eigenvalue weighted by Gasteiger charge is 2.30. The molecule has 512 valence electrons. The van der Waals surface area contributed by atoms with Crippen LogP contribution >= 0.6 is 15.6 Å². The van der Waals surface area contributed by atoms with Gasteiger partial charge in [0.25, 0.3) is 0 Å². The standard InChI is InChI=1S/C68H128O17P2/c1-5-9-13-17-21-23-25-27-29-30-31-33-35-37-39-43-47-51-55-68(73)85-64(59-79-66(71)53-49-45-42-38-36-34-32-28-26-24-22-18-14-10-6-2)61-83-87(76,77)81-57-62(69)56-80-86(74,75)82-60-63(84-67(72)54-50-46-41-20-16-12-8-4)58-78-65(70)52-48-44-40-19-15-11-7-3/h24,26,28,32,62-64,69H,5-23,25,27,29-31,33-61H2,1-4H3,(H,74,75)(H,76,77)/b26-24-,32-28-/t62-,63+,64+/m0/s1. The third-order valence-corrected chi connectivity index (χ3v) is 17.1. The lowest BCUT2D eigenvalue weighted by molar-refractivity contribution is -0.161. The number of hydrogen-bond acceptors (Lipinski definition) is 15. The molecular formula is C68H128O17P2. The maximum Gasteiger partial charge on any atom is 0.472 e. The van der Waals surface area contributed by atoms with Crippen LogP contribution in [0.3, 0.4) is 0 Å². The molecule has 0 aliphatic heterocycles. The van der Waals surface area contributed by atoms with Crippen molar-refractivity contribution in [2.45, 2.75) is 348 Å². The van der Waals surface area contributed by atoms with Crippen LogP contribution < -0.4 is 0 Å². The smallest absolute Gasteiger partial charge is 0.462 e. The number of carbonyl (C=O) groups excluding carboxylic acids is 4. The molecule has 0 spiro atoms. The first kappa shape index (κ1) is 84.5. The molecule has 0 amide bonds. The van der Waals surface area contributed by atoms with Crippen molar-refractivity contribution >= 4 is 39.5 Å². The van der Waals surface area contributed by atoms with Gasteiger partial charge in [0.15, 0.2) is 12.2 Å². The van der Waals surface area contributed by atoms with E-state index in [-0.39, 0.29) is 25.7 Å². The predicted octanol–water partition coefficient (Wildman–Crippen LogP) is 19.1. The van der Waals surface area contributed by atoms with Crippen molar-refractivity contribution < 1.29 is 80.2 Å².